The first kappa shape index (κ1) is 16.3. The second-order valence-electron chi connectivity index (χ2n) is 6.68. The largest absolute Gasteiger partial charge is 0.279 e. The second kappa shape index (κ2) is 7.01. The van der Waals surface area contributed by atoms with E-state index in [2.05, 4.69) is 66.8 Å². The van der Waals surface area contributed by atoms with Crippen molar-refractivity contribution in [3.05, 3.63) is 95.1 Å². The summed E-state index contributed by atoms with van der Waals surface area (Å²) in [5.41, 5.74) is 10.7. The minimum absolute atomic E-state index is 0.985. The highest BCUT2D eigenvalue weighted by Crippen LogP contribution is 2.36. The first-order chi connectivity index (χ1) is 12.7. The van der Waals surface area contributed by atoms with Crippen molar-refractivity contribution in [2.24, 2.45) is 5.10 Å². The number of benzene rings is 3. The summed E-state index contributed by atoms with van der Waals surface area (Å²) in [7, 11) is 0. The smallest absolute Gasteiger partial charge is 0.0561 e. The third-order valence-electron chi connectivity index (χ3n) is 5.11. The number of nitrogens with zero attached hydrogens (tertiary/aromatic N) is 1. The zero-order chi connectivity index (χ0) is 17.9. The fourth-order valence-electron chi connectivity index (χ4n) is 3.49. The number of fused-ring (bicyclic) bond motifs is 1. The molecule has 0 bridgehead atoms. The maximum atomic E-state index is 4.52. The molecule has 26 heavy (non-hydrogen) atoms. The van der Waals surface area contributed by atoms with Crippen molar-refractivity contribution in [1.82, 2.24) is 0 Å². The van der Waals surface area contributed by atoms with E-state index in [-0.39, 0.29) is 0 Å². The van der Waals surface area contributed by atoms with Gasteiger partial charge in [-0.1, -0.05) is 66.2 Å². The zero-order valence-corrected chi connectivity index (χ0v) is 15.2. The Balaban J connectivity index is 1.79. The van der Waals surface area contributed by atoms with Crippen LogP contribution in [0.25, 0.3) is 16.3 Å². The number of hydrogen-bond donors (Lipinski definition) is 1. The molecule has 1 aliphatic rings. The van der Waals surface area contributed by atoms with Gasteiger partial charge in [-0.05, 0) is 59.9 Å². The normalized spacial score (nSPS) is 14.3. The van der Waals surface area contributed by atoms with Crippen molar-refractivity contribution in [3.63, 3.8) is 0 Å². The van der Waals surface area contributed by atoms with Crippen LogP contribution in [0.4, 0.5) is 5.69 Å². The van der Waals surface area contributed by atoms with Gasteiger partial charge in [0.15, 0.2) is 0 Å². The number of hydrazone groups is 1. The monoisotopic (exact) mass is 338 g/mol. The molecule has 0 amide bonds. The zero-order valence-electron chi connectivity index (χ0n) is 15.2. The molecule has 128 valence electrons. The van der Waals surface area contributed by atoms with E-state index in [1.54, 1.807) is 0 Å². The Hall–Kier alpha value is -3.13. The molecule has 0 radical (unpaired) electrons. The third-order valence-corrected chi connectivity index (χ3v) is 5.11. The molecular formula is C24H22N2. The molecule has 2 nitrogen and oxygen atoms in total. The van der Waals surface area contributed by atoms with Crippen molar-refractivity contribution in [1.29, 1.82) is 0 Å². The molecule has 0 aliphatic heterocycles. The molecule has 0 unspecified atom stereocenters. The van der Waals surface area contributed by atoms with Crippen LogP contribution >= 0.6 is 0 Å². The van der Waals surface area contributed by atoms with Gasteiger partial charge in [-0.3, -0.25) is 5.43 Å². The Morgan fingerprint density at radius 2 is 1.65 bits per heavy atom. The van der Waals surface area contributed by atoms with Gasteiger partial charge in [0.2, 0.25) is 0 Å². The maximum Gasteiger partial charge on any atom is 0.0561 e. The Labute approximate surface area is 154 Å². The van der Waals surface area contributed by atoms with Crippen LogP contribution in [-0.2, 0) is 0 Å². The molecule has 2 heteroatoms. The summed E-state index contributed by atoms with van der Waals surface area (Å²) < 4.78 is 0. The molecule has 1 aliphatic carbocycles. The van der Waals surface area contributed by atoms with Crippen molar-refractivity contribution >= 4 is 28.2 Å². The minimum Gasteiger partial charge on any atom is -0.279 e. The summed E-state index contributed by atoms with van der Waals surface area (Å²) in [5.74, 6) is 0. The highest BCUT2D eigenvalue weighted by Gasteiger charge is 2.16. The highest BCUT2D eigenvalue weighted by atomic mass is 15.3. The summed E-state index contributed by atoms with van der Waals surface area (Å²) in [5, 5.41) is 6.99. The van der Waals surface area contributed by atoms with Gasteiger partial charge >= 0.3 is 0 Å². The van der Waals surface area contributed by atoms with Crippen molar-refractivity contribution in [2.75, 3.05) is 5.43 Å². The molecule has 3 aromatic carbocycles. The standard InChI is InChI=1S/C24H22N2/c1-17-12-14-21(18(17)2)23-15-13-19-8-6-7-11-22(19)24(23)16-25-26-20-9-4-3-5-10-20/h3-13,15-16,26H,14H2,1-2H3. The Morgan fingerprint density at radius 3 is 2.42 bits per heavy atom. The molecule has 1 N–H and O–H groups in total. The fraction of sp³-hybridized carbons (Fsp3) is 0.125. The van der Waals surface area contributed by atoms with Gasteiger partial charge in [0.1, 0.15) is 0 Å². The first-order valence-electron chi connectivity index (χ1n) is 8.97. The molecule has 0 spiro atoms. The predicted octanol–water partition coefficient (Wildman–Crippen LogP) is 6.41. The lowest BCUT2D eigenvalue weighted by atomic mass is 9.92. The molecule has 3 aromatic rings. The molecule has 0 atom stereocenters. The Bertz CT molecular complexity index is 1040. The lowest BCUT2D eigenvalue weighted by Crippen LogP contribution is -1.97. The Morgan fingerprint density at radius 1 is 0.885 bits per heavy atom. The molecule has 0 aromatic heterocycles. The third kappa shape index (κ3) is 3.06. The van der Waals surface area contributed by atoms with E-state index < -0.39 is 0 Å². The molecular weight excluding hydrogens is 316 g/mol. The van der Waals surface area contributed by atoms with Crippen LogP contribution < -0.4 is 5.43 Å². The number of allylic oxidation sites excluding steroid dienone is 4. The van der Waals surface area contributed by atoms with Crippen LogP contribution in [0.3, 0.4) is 0 Å². The lowest BCUT2D eigenvalue weighted by Gasteiger charge is -2.13. The van der Waals surface area contributed by atoms with Gasteiger partial charge in [-0.15, -0.1) is 0 Å². The van der Waals surface area contributed by atoms with Gasteiger partial charge in [-0.2, -0.15) is 5.10 Å². The van der Waals surface area contributed by atoms with E-state index in [0.29, 0.717) is 0 Å². The lowest BCUT2D eigenvalue weighted by molar-refractivity contribution is 1.34. The van der Waals surface area contributed by atoms with Crippen molar-refractivity contribution in [3.8, 4) is 0 Å². The van der Waals surface area contributed by atoms with Gasteiger partial charge in [0.05, 0.1) is 11.9 Å². The topological polar surface area (TPSA) is 24.4 Å². The van der Waals surface area contributed by atoms with E-state index in [4.69, 9.17) is 0 Å². The maximum absolute atomic E-state index is 4.52. The van der Waals surface area contributed by atoms with Gasteiger partial charge < -0.3 is 0 Å². The summed E-state index contributed by atoms with van der Waals surface area (Å²) in [4.78, 5) is 0. The second-order valence-corrected chi connectivity index (χ2v) is 6.68. The molecule has 4 rings (SSSR count). The fourth-order valence-corrected chi connectivity index (χ4v) is 3.49. The number of rotatable bonds is 4. The van der Waals surface area contributed by atoms with Crippen LogP contribution in [0.5, 0.6) is 0 Å². The van der Waals surface area contributed by atoms with Crippen LogP contribution in [-0.4, -0.2) is 6.21 Å². The Kier molecular flexibility index (Phi) is 4.40. The van der Waals surface area contributed by atoms with Gasteiger partial charge in [-0.25, -0.2) is 0 Å². The van der Waals surface area contributed by atoms with E-state index >= 15 is 0 Å². The summed E-state index contributed by atoms with van der Waals surface area (Å²) in [6, 6.07) is 23.0. The molecule has 0 fully saturated rings. The number of anilines is 1. The number of nitrogens with one attached hydrogen (secondary N) is 1. The number of hydrogen-bond acceptors (Lipinski definition) is 2. The van der Waals surface area contributed by atoms with Crippen LogP contribution in [0.15, 0.2) is 89.1 Å². The van der Waals surface area contributed by atoms with E-state index in [9.17, 15) is 0 Å². The van der Waals surface area contributed by atoms with Gasteiger partial charge in [0, 0.05) is 5.56 Å². The predicted molar refractivity (Wildman–Crippen MR) is 113 cm³/mol. The van der Waals surface area contributed by atoms with Crippen LogP contribution in [0.2, 0.25) is 0 Å². The summed E-state index contributed by atoms with van der Waals surface area (Å²) in [6.07, 6.45) is 5.25. The summed E-state index contributed by atoms with van der Waals surface area (Å²) in [6.45, 7) is 4.40. The van der Waals surface area contributed by atoms with Gasteiger partial charge in [0.25, 0.3) is 0 Å². The van der Waals surface area contributed by atoms with Crippen molar-refractivity contribution < 1.29 is 0 Å². The number of para-hydroxylation sites is 1. The van der Waals surface area contributed by atoms with Crippen LogP contribution in [0.1, 0.15) is 31.4 Å². The molecule has 0 saturated carbocycles. The van der Waals surface area contributed by atoms with E-state index in [0.717, 1.165) is 12.1 Å². The SMILES string of the molecule is CC1=CCC(c2ccc3ccccc3c2C=NNc2ccccc2)=C1C. The van der Waals surface area contributed by atoms with E-state index in [1.165, 1.54) is 38.6 Å². The van der Waals surface area contributed by atoms with Crippen molar-refractivity contribution in [2.45, 2.75) is 20.3 Å². The van der Waals surface area contributed by atoms with E-state index in [1.807, 2.05) is 36.5 Å². The summed E-state index contributed by atoms with van der Waals surface area (Å²) >= 11 is 0. The first-order valence-corrected chi connectivity index (χ1v) is 8.97. The average Bonchev–Trinajstić information content (AvgIpc) is 3.01. The average molecular weight is 338 g/mol. The van der Waals surface area contributed by atoms with Crippen LogP contribution in [0, 0.1) is 0 Å². The quantitative estimate of drug-likeness (QED) is 0.431. The molecule has 0 saturated heterocycles. The highest BCUT2D eigenvalue weighted by molar-refractivity contribution is 6.05. The minimum atomic E-state index is 0.985. The molecule has 0 heterocycles.